The van der Waals surface area contributed by atoms with Crippen molar-refractivity contribution in [2.24, 2.45) is 0 Å². The van der Waals surface area contributed by atoms with Gasteiger partial charge in [0.25, 0.3) is 0 Å². The maximum Gasteiger partial charge on any atom is 0.115 e. The van der Waals surface area contributed by atoms with E-state index in [0.717, 1.165) is 17.7 Å². The van der Waals surface area contributed by atoms with Crippen molar-refractivity contribution in [1.82, 2.24) is 4.98 Å². The molecular formula is C12H12NO. The second kappa shape index (κ2) is 4.09. The van der Waals surface area contributed by atoms with Crippen molar-refractivity contribution in [2.75, 3.05) is 0 Å². The van der Waals surface area contributed by atoms with Crippen molar-refractivity contribution in [3.8, 4) is 0 Å². The largest absolute Gasteiger partial charge is 0.468 e. The van der Waals surface area contributed by atoms with E-state index in [0.29, 0.717) is 0 Å². The number of rotatable bonds is 3. The van der Waals surface area contributed by atoms with E-state index in [-0.39, 0.29) is 0 Å². The zero-order valence-corrected chi connectivity index (χ0v) is 8.10. The molecule has 0 aliphatic carbocycles. The molecule has 0 fully saturated rings. The quantitative estimate of drug-likeness (QED) is 0.736. The summed E-state index contributed by atoms with van der Waals surface area (Å²) in [5, 5.41) is 0. The Hall–Kier alpha value is -1.57. The summed E-state index contributed by atoms with van der Waals surface area (Å²) in [6, 6.07) is 7.87. The standard InChI is InChI=1S/C12H12NO/c1-2-11(12-6-4-8-14-12)10-5-3-7-13-9-10/h3-9H,2H2,1H3. The number of pyridine rings is 1. The minimum Gasteiger partial charge on any atom is -0.468 e. The van der Waals surface area contributed by atoms with Crippen LogP contribution < -0.4 is 0 Å². The molecule has 71 valence electrons. The summed E-state index contributed by atoms with van der Waals surface area (Å²) in [5.74, 6) is 2.13. The van der Waals surface area contributed by atoms with Crippen LogP contribution in [0.2, 0.25) is 0 Å². The van der Waals surface area contributed by atoms with E-state index in [1.165, 1.54) is 5.92 Å². The Morgan fingerprint density at radius 3 is 2.86 bits per heavy atom. The molecule has 0 atom stereocenters. The first-order valence-electron chi connectivity index (χ1n) is 4.72. The summed E-state index contributed by atoms with van der Waals surface area (Å²) in [7, 11) is 0. The van der Waals surface area contributed by atoms with Crippen LogP contribution in [0.4, 0.5) is 0 Å². The highest BCUT2D eigenvalue weighted by molar-refractivity contribution is 5.38. The number of hydrogen-bond acceptors (Lipinski definition) is 2. The smallest absolute Gasteiger partial charge is 0.115 e. The lowest BCUT2D eigenvalue weighted by molar-refractivity contribution is 0.524. The molecule has 2 nitrogen and oxygen atoms in total. The third-order valence-electron chi connectivity index (χ3n) is 2.18. The van der Waals surface area contributed by atoms with Gasteiger partial charge in [0.1, 0.15) is 5.76 Å². The van der Waals surface area contributed by atoms with Gasteiger partial charge in [0, 0.05) is 12.4 Å². The molecule has 0 bridgehead atoms. The van der Waals surface area contributed by atoms with E-state index in [4.69, 9.17) is 4.42 Å². The first kappa shape index (κ1) is 9.00. The zero-order chi connectivity index (χ0) is 9.80. The Morgan fingerprint density at radius 2 is 2.29 bits per heavy atom. The van der Waals surface area contributed by atoms with Crippen LogP contribution in [-0.2, 0) is 0 Å². The average Bonchev–Trinajstić information content (AvgIpc) is 2.74. The second-order valence-electron chi connectivity index (χ2n) is 3.05. The highest BCUT2D eigenvalue weighted by Crippen LogP contribution is 2.25. The van der Waals surface area contributed by atoms with Gasteiger partial charge in [-0.2, -0.15) is 0 Å². The molecule has 2 heteroatoms. The molecule has 2 rings (SSSR count). The van der Waals surface area contributed by atoms with Gasteiger partial charge in [-0.1, -0.05) is 13.0 Å². The van der Waals surface area contributed by atoms with Crippen LogP contribution in [-0.4, -0.2) is 4.98 Å². The van der Waals surface area contributed by atoms with Gasteiger partial charge in [-0.05, 0) is 30.2 Å². The Kier molecular flexibility index (Phi) is 2.63. The molecule has 0 unspecified atom stereocenters. The molecule has 0 aliphatic rings. The number of aromatic nitrogens is 1. The van der Waals surface area contributed by atoms with Crippen molar-refractivity contribution < 1.29 is 4.42 Å². The van der Waals surface area contributed by atoms with Crippen LogP contribution >= 0.6 is 0 Å². The van der Waals surface area contributed by atoms with Gasteiger partial charge in [-0.25, -0.2) is 0 Å². The predicted molar refractivity (Wildman–Crippen MR) is 54.7 cm³/mol. The lowest BCUT2D eigenvalue weighted by Crippen LogP contribution is -1.99. The molecule has 0 saturated carbocycles. The van der Waals surface area contributed by atoms with Gasteiger partial charge in [-0.15, -0.1) is 0 Å². The first-order chi connectivity index (χ1) is 6.92. The lowest BCUT2D eigenvalue weighted by Gasteiger charge is -2.10. The van der Waals surface area contributed by atoms with Crippen molar-refractivity contribution in [1.29, 1.82) is 0 Å². The molecule has 0 spiro atoms. The first-order valence-corrected chi connectivity index (χ1v) is 4.72. The van der Waals surface area contributed by atoms with Crippen LogP contribution in [0.25, 0.3) is 0 Å². The summed E-state index contributed by atoms with van der Waals surface area (Å²) in [4.78, 5) is 4.10. The highest BCUT2D eigenvalue weighted by atomic mass is 16.3. The van der Waals surface area contributed by atoms with Crippen LogP contribution in [0.1, 0.15) is 24.7 Å². The summed E-state index contributed by atoms with van der Waals surface area (Å²) in [5.41, 5.74) is 1.13. The maximum atomic E-state index is 5.38. The molecule has 0 aromatic carbocycles. The van der Waals surface area contributed by atoms with E-state index in [1.807, 2.05) is 30.5 Å². The predicted octanol–water partition coefficient (Wildman–Crippen LogP) is 3.06. The molecule has 0 amide bonds. The number of hydrogen-bond donors (Lipinski definition) is 0. The van der Waals surface area contributed by atoms with E-state index < -0.39 is 0 Å². The molecule has 14 heavy (non-hydrogen) atoms. The average molecular weight is 186 g/mol. The monoisotopic (exact) mass is 186 g/mol. The van der Waals surface area contributed by atoms with Crippen LogP contribution in [0.15, 0.2) is 47.3 Å². The van der Waals surface area contributed by atoms with Gasteiger partial charge in [0.2, 0.25) is 0 Å². The van der Waals surface area contributed by atoms with Crippen LogP contribution in [0.3, 0.4) is 0 Å². The summed E-state index contributed by atoms with van der Waals surface area (Å²) in [6.45, 7) is 2.12. The highest BCUT2D eigenvalue weighted by Gasteiger charge is 2.15. The van der Waals surface area contributed by atoms with E-state index in [2.05, 4.69) is 11.9 Å². The number of nitrogens with zero attached hydrogens (tertiary/aromatic N) is 1. The SMILES string of the molecule is CC[C](c1cccnc1)c1ccco1. The van der Waals surface area contributed by atoms with Gasteiger partial charge in [0.15, 0.2) is 0 Å². The van der Waals surface area contributed by atoms with Crippen molar-refractivity contribution in [3.05, 3.63) is 60.2 Å². The molecule has 0 aliphatic heterocycles. The minimum absolute atomic E-state index is 0.931. The Morgan fingerprint density at radius 1 is 1.36 bits per heavy atom. The van der Waals surface area contributed by atoms with Gasteiger partial charge in [-0.3, -0.25) is 4.98 Å². The van der Waals surface area contributed by atoms with Gasteiger partial charge >= 0.3 is 0 Å². The minimum atomic E-state index is 0.931. The van der Waals surface area contributed by atoms with Crippen LogP contribution in [0.5, 0.6) is 0 Å². The van der Waals surface area contributed by atoms with E-state index in [1.54, 1.807) is 12.5 Å². The molecule has 2 aromatic heterocycles. The summed E-state index contributed by atoms with van der Waals surface area (Å²) < 4.78 is 5.38. The molecular weight excluding hydrogens is 174 g/mol. The normalized spacial score (nSPS) is 10.7. The van der Waals surface area contributed by atoms with E-state index >= 15 is 0 Å². The molecule has 0 N–H and O–H groups in total. The van der Waals surface area contributed by atoms with Crippen molar-refractivity contribution in [2.45, 2.75) is 13.3 Å². The Labute approximate surface area is 83.6 Å². The zero-order valence-electron chi connectivity index (χ0n) is 8.10. The lowest BCUT2D eigenvalue weighted by atomic mass is 9.96. The van der Waals surface area contributed by atoms with E-state index in [9.17, 15) is 0 Å². The molecule has 2 heterocycles. The van der Waals surface area contributed by atoms with Gasteiger partial charge < -0.3 is 4.42 Å². The fraction of sp³-hybridized carbons (Fsp3) is 0.167. The van der Waals surface area contributed by atoms with Gasteiger partial charge in [0.05, 0.1) is 12.2 Å². The van der Waals surface area contributed by atoms with Crippen molar-refractivity contribution in [3.63, 3.8) is 0 Å². The van der Waals surface area contributed by atoms with Crippen LogP contribution in [0, 0.1) is 5.92 Å². The van der Waals surface area contributed by atoms with Crippen molar-refractivity contribution >= 4 is 0 Å². The maximum absolute atomic E-state index is 5.38. The number of furan rings is 1. The summed E-state index contributed by atoms with van der Waals surface area (Å²) >= 11 is 0. The topological polar surface area (TPSA) is 26.0 Å². The summed E-state index contributed by atoms with van der Waals surface area (Å²) in [6.07, 6.45) is 6.28. The second-order valence-corrected chi connectivity index (χ2v) is 3.05. The molecule has 1 radical (unpaired) electrons. The Balaban J connectivity index is 2.31. The third-order valence-corrected chi connectivity index (χ3v) is 2.18. The third kappa shape index (κ3) is 1.69. The molecule has 0 saturated heterocycles. The Bertz CT molecular complexity index is 366. The molecule has 2 aromatic rings. The fourth-order valence-corrected chi connectivity index (χ4v) is 1.51. The fourth-order valence-electron chi connectivity index (χ4n) is 1.51.